The summed E-state index contributed by atoms with van der Waals surface area (Å²) < 4.78 is 41.0. The molecule has 9 nitrogen and oxygen atoms in total. The molecule has 0 spiro atoms. The highest BCUT2D eigenvalue weighted by Crippen LogP contribution is 2.35. The Bertz CT molecular complexity index is 1420. The number of nitrogens with two attached hydrogens (primary N) is 1. The number of alkyl halides is 3. The molecule has 180 valence electrons. The smallest absolute Gasteiger partial charge is 0.366 e. The molecular weight excluding hydrogens is 463 g/mol. The van der Waals surface area contributed by atoms with Crippen LogP contribution in [0.4, 0.5) is 29.6 Å². The highest BCUT2D eigenvalue weighted by atomic mass is 19.4. The van der Waals surface area contributed by atoms with E-state index in [2.05, 4.69) is 20.4 Å². The zero-order valence-electron chi connectivity index (χ0n) is 18.5. The van der Waals surface area contributed by atoms with Crippen LogP contribution in [-0.4, -0.2) is 37.3 Å². The fraction of sp³-hybridized carbons (Fsp3) is 0.217. The largest absolute Gasteiger partial charge is 0.416 e. The van der Waals surface area contributed by atoms with Crippen LogP contribution in [0.1, 0.15) is 29.3 Å². The Balaban J connectivity index is 1.39. The average molecular weight is 483 g/mol. The molecule has 0 saturated carbocycles. The highest BCUT2D eigenvalue weighted by molar-refractivity contribution is 5.90. The van der Waals surface area contributed by atoms with E-state index in [9.17, 15) is 18.0 Å². The van der Waals surface area contributed by atoms with E-state index in [-0.39, 0.29) is 12.6 Å². The molecule has 5 rings (SSSR count). The number of hydrogen-bond donors (Lipinski definition) is 2. The predicted octanol–water partition coefficient (Wildman–Crippen LogP) is 4.61. The van der Waals surface area contributed by atoms with E-state index in [0.717, 1.165) is 22.8 Å². The number of carbonyl (C=O) groups is 1. The summed E-state index contributed by atoms with van der Waals surface area (Å²) in [5.41, 5.74) is 8.27. The third-order valence-electron chi connectivity index (χ3n) is 5.71. The summed E-state index contributed by atoms with van der Waals surface area (Å²) in [4.78, 5) is 27.0. The molecule has 1 aliphatic rings. The minimum absolute atomic E-state index is 0.151. The van der Waals surface area contributed by atoms with Gasteiger partial charge in [0, 0.05) is 29.9 Å². The van der Waals surface area contributed by atoms with Gasteiger partial charge in [-0.25, -0.2) is 9.31 Å². The number of aryl methyl sites for hydroxylation is 1. The second-order valence-corrected chi connectivity index (χ2v) is 8.06. The summed E-state index contributed by atoms with van der Waals surface area (Å²) >= 11 is 0. The van der Waals surface area contributed by atoms with E-state index in [0.29, 0.717) is 34.6 Å². The first-order chi connectivity index (χ1) is 16.7. The Morgan fingerprint density at radius 2 is 2.03 bits per heavy atom. The maximum Gasteiger partial charge on any atom is 0.416 e. The molecule has 1 aromatic carbocycles. The van der Waals surface area contributed by atoms with Crippen LogP contribution in [0, 0.1) is 6.92 Å². The summed E-state index contributed by atoms with van der Waals surface area (Å²) in [5.74, 6) is 0.151. The molecule has 35 heavy (non-hydrogen) atoms. The Labute approximate surface area is 197 Å². The maximum atomic E-state index is 13.2. The molecule has 3 aromatic heterocycles. The number of nitrogen functional groups attached to an aromatic ring is 1. The van der Waals surface area contributed by atoms with Crippen LogP contribution in [0.5, 0.6) is 0 Å². The first-order valence-electron chi connectivity index (χ1n) is 10.7. The number of rotatable bonds is 3. The van der Waals surface area contributed by atoms with Crippen LogP contribution < -0.4 is 11.1 Å². The van der Waals surface area contributed by atoms with Crippen LogP contribution in [-0.2, 0) is 11.0 Å². The topological polar surface area (TPSA) is 111 Å². The van der Waals surface area contributed by atoms with Crippen LogP contribution in [0.2, 0.25) is 0 Å². The van der Waals surface area contributed by atoms with Gasteiger partial charge in [0.1, 0.15) is 0 Å². The van der Waals surface area contributed by atoms with Gasteiger partial charge in [0.2, 0.25) is 5.95 Å². The van der Waals surface area contributed by atoms with Gasteiger partial charge in [-0.2, -0.15) is 23.2 Å². The summed E-state index contributed by atoms with van der Waals surface area (Å²) in [6.45, 7) is 1.93. The molecule has 1 aliphatic heterocycles. The first-order valence-corrected chi connectivity index (χ1v) is 10.7. The van der Waals surface area contributed by atoms with Crippen molar-refractivity contribution < 1.29 is 22.8 Å². The zero-order chi connectivity index (χ0) is 24.7. The van der Waals surface area contributed by atoms with E-state index in [1.807, 2.05) is 6.07 Å². The second kappa shape index (κ2) is 8.55. The average Bonchev–Trinajstić information content (AvgIpc) is 3.45. The van der Waals surface area contributed by atoms with Gasteiger partial charge in [-0.15, -0.1) is 5.10 Å². The minimum atomic E-state index is -4.48. The molecular formula is C23H20F3N7O2. The molecule has 2 amide bonds. The Morgan fingerprint density at radius 1 is 1.20 bits per heavy atom. The number of amides is 2. The lowest BCUT2D eigenvalue weighted by Gasteiger charge is -2.24. The number of aromatic nitrogens is 4. The number of halogens is 3. The van der Waals surface area contributed by atoms with Crippen LogP contribution >= 0.6 is 0 Å². The van der Waals surface area contributed by atoms with Crippen molar-refractivity contribution in [2.75, 3.05) is 17.7 Å². The molecule has 1 atom stereocenters. The van der Waals surface area contributed by atoms with Crippen molar-refractivity contribution in [2.24, 2.45) is 0 Å². The number of nitrogens with one attached hydrogen (secondary N) is 1. The molecule has 12 heteroatoms. The van der Waals surface area contributed by atoms with Crippen molar-refractivity contribution in [3.8, 4) is 11.1 Å². The van der Waals surface area contributed by atoms with Crippen LogP contribution in [0.15, 0.2) is 54.9 Å². The molecule has 1 fully saturated rings. The quantitative estimate of drug-likeness (QED) is 0.440. The molecule has 3 N–H and O–H groups in total. The molecule has 4 heterocycles. The number of carbonyl (C=O) groups excluding carboxylic acids is 1. The summed E-state index contributed by atoms with van der Waals surface area (Å²) in [5, 5.41) is 7.94. The standard InChI is InChI=1S/C23H20F3N7O2/c1-13-18(10-16(11-28-13)15-5-6-20-30-21(27)31-32(20)12-15)29-22(34)33-19(7-8-35-33)14-3-2-4-17(9-14)23(24,25)26/h2-6,9-12,19H,7-8H2,1H3,(H2,27,31)(H,29,34)/t19-/m0/s1. The molecule has 0 radical (unpaired) electrons. The van der Waals surface area contributed by atoms with Crippen molar-refractivity contribution in [3.63, 3.8) is 0 Å². The van der Waals surface area contributed by atoms with Crippen molar-refractivity contribution in [2.45, 2.75) is 25.6 Å². The lowest BCUT2D eigenvalue weighted by molar-refractivity contribution is -0.137. The number of fused-ring (bicyclic) bond motifs is 1. The number of hydrogen-bond acceptors (Lipinski definition) is 6. The van der Waals surface area contributed by atoms with Crippen molar-refractivity contribution >= 4 is 23.3 Å². The van der Waals surface area contributed by atoms with Gasteiger partial charge in [-0.1, -0.05) is 12.1 Å². The number of anilines is 2. The van der Waals surface area contributed by atoms with Crippen LogP contribution in [0.3, 0.4) is 0 Å². The summed E-state index contributed by atoms with van der Waals surface area (Å²) in [6.07, 6.45) is -0.714. The number of hydroxylamine groups is 2. The second-order valence-electron chi connectivity index (χ2n) is 8.06. The van der Waals surface area contributed by atoms with Gasteiger partial charge < -0.3 is 11.1 Å². The molecule has 0 aliphatic carbocycles. The van der Waals surface area contributed by atoms with Gasteiger partial charge in [0.25, 0.3) is 0 Å². The molecule has 0 bridgehead atoms. The number of nitrogens with zero attached hydrogens (tertiary/aromatic N) is 5. The predicted molar refractivity (Wildman–Crippen MR) is 121 cm³/mol. The van der Waals surface area contributed by atoms with Gasteiger partial charge in [0.15, 0.2) is 5.65 Å². The molecule has 4 aromatic rings. The third kappa shape index (κ3) is 4.47. The van der Waals surface area contributed by atoms with E-state index < -0.39 is 23.8 Å². The van der Waals surface area contributed by atoms with Crippen molar-refractivity contribution in [1.29, 1.82) is 0 Å². The lowest BCUT2D eigenvalue weighted by Crippen LogP contribution is -2.33. The van der Waals surface area contributed by atoms with E-state index in [4.69, 9.17) is 10.6 Å². The van der Waals surface area contributed by atoms with E-state index in [1.165, 1.54) is 6.07 Å². The first kappa shape index (κ1) is 22.6. The fourth-order valence-corrected chi connectivity index (χ4v) is 3.95. The molecule has 0 unspecified atom stereocenters. The Morgan fingerprint density at radius 3 is 2.83 bits per heavy atom. The van der Waals surface area contributed by atoms with Gasteiger partial charge in [-0.3, -0.25) is 9.82 Å². The molecule has 1 saturated heterocycles. The number of pyridine rings is 2. The Hall–Kier alpha value is -4.19. The van der Waals surface area contributed by atoms with Gasteiger partial charge >= 0.3 is 12.2 Å². The van der Waals surface area contributed by atoms with E-state index >= 15 is 0 Å². The Kier molecular flexibility index (Phi) is 5.52. The van der Waals surface area contributed by atoms with Crippen molar-refractivity contribution in [1.82, 2.24) is 24.6 Å². The van der Waals surface area contributed by atoms with E-state index in [1.54, 1.807) is 42.0 Å². The van der Waals surface area contributed by atoms with Gasteiger partial charge in [-0.05, 0) is 42.8 Å². The summed E-state index contributed by atoms with van der Waals surface area (Å²) in [7, 11) is 0. The van der Waals surface area contributed by atoms with Gasteiger partial charge in [0.05, 0.1) is 29.6 Å². The minimum Gasteiger partial charge on any atom is -0.366 e. The zero-order valence-corrected chi connectivity index (χ0v) is 18.5. The van der Waals surface area contributed by atoms with Crippen molar-refractivity contribution in [3.05, 3.63) is 71.7 Å². The fourth-order valence-electron chi connectivity index (χ4n) is 3.95. The monoisotopic (exact) mass is 483 g/mol. The summed E-state index contributed by atoms with van der Waals surface area (Å²) in [6, 6.07) is 8.98. The lowest BCUT2D eigenvalue weighted by atomic mass is 10.0. The number of urea groups is 1. The van der Waals surface area contributed by atoms with Crippen LogP contribution in [0.25, 0.3) is 16.8 Å². The third-order valence-corrected chi connectivity index (χ3v) is 5.71. The maximum absolute atomic E-state index is 13.2. The highest BCUT2D eigenvalue weighted by Gasteiger charge is 2.35. The normalized spacial score (nSPS) is 16.1. The number of benzene rings is 1. The SMILES string of the molecule is Cc1ncc(-c2ccc3nc(N)nn3c2)cc1NC(=O)N1OCC[C@H]1c1cccc(C(F)(F)F)c1.